The zero-order valence-electron chi connectivity index (χ0n) is 6.84. The first-order valence-corrected chi connectivity index (χ1v) is 4.93. The molecule has 0 atom stereocenters. The van der Waals surface area contributed by atoms with E-state index < -0.39 is 15.8 Å². The average molecular weight is 214 g/mol. The van der Waals surface area contributed by atoms with Crippen LogP contribution in [0.25, 0.3) is 0 Å². The molecule has 0 radical (unpaired) electrons. The molecule has 7 heteroatoms. The molecule has 74 valence electrons. The SMILES string of the molecule is NS(=O)(=O)c1ccc(N=C=O)c(O)c1. The van der Waals surface area contributed by atoms with E-state index in [9.17, 15) is 18.3 Å². The van der Waals surface area contributed by atoms with Crippen LogP contribution in [0.3, 0.4) is 0 Å². The van der Waals surface area contributed by atoms with Gasteiger partial charge in [0.15, 0.2) is 0 Å². The van der Waals surface area contributed by atoms with Gasteiger partial charge >= 0.3 is 0 Å². The number of carbonyl (C=O) groups excluding carboxylic acids is 1. The summed E-state index contributed by atoms with van der Waals surface area (Å²) in [5.74, 6) is -0.445. The number of aliphatic imine (C=N–C) groups is 1. The van der Waals surface area contributed by atoms with Gasteiger partial charge in [0, 0.05) is 6.07 Å². The number of primary sulfonamides is 1. The van der Waals surface area contributed by atoms with E-state index in [-0.39, 0.29) is 10.6 Å². The van der Waals surface area contributed by atoms with Gasteiger partial charge in [0.2, 0.25) is 16.1 Å². The largest absolute Gasteiger partial charge is 0.506 e. The molecule has 1 aromatic carbocycles. The summed E-state index contributed by atoms with van der Waals surface area (Å²) in [6.45, 7) is 0. The third-order valence-electron chi connectivity index (χ3n) is 1.44. The first-order valence-electron chi connectivity index (χ1n) is 3.39. The molecule has 0 amide bonds. The average Bonchev–Trinajstić information content (AvgIpc) is 2.07. The number of hydrogen-bond acceptors (Lipinski definition) is 5. The summed E-state index contributed by atoms with van der Waals surface area (Å²) in [5.41, 5.74) is -0.0626. The number of sulfonamides is 1. The Hall–Kier alpha value is -1.69. The zero-order chi connectivity index (χ0) is 10.8. The minimum Gasteiger partial charge on any atom is -0.506 e. The lowest BCUT2D eigenvalue weighted by molar-refractivity contribution is 0.474. The highest BCUT2D eigenvalue weighted by Crippen LogP contribution is 2.27. The molecule has 0 aliphatic rings. The Kier molecular flexibility index (Phi) is 2.66. The lowest BCUT2D eigenvalue weighted by Crippen LogP contribution is -2.11. The second-order valence-corrected chi connectivity index (χ2v) is 3.96. The van der Waals surface area contributed by atoms with Crippen LogP contribution in [0.4, 0.5) is 5.69 Å². The smallest absolute Gasteiger partial charge is 0.240 e. The van der Waals surface area contributed by atoms with Gasteiger partial charge in [-0.25, -0.2) is 18.4 Å². The molecular formula is C7H6N2O4S. The maximum Gasteiger partial charge on any atom is 0.240 e. The van der Waals surface area contributed by atoms with Crippen LogP contribution in [0.1, 0.15) is 0 Å². The first-order chi connectivity index (χ1) is 6.45. The monoisotopic (exact) mass is 214 g/mol. The molecular weight excluding hydrogens is 208 g/mol. The fourth-order valence-electron chi connectivity index (χ4n) is 0.824. The molecule has 6 nitrogen and oxygen atoms in total. The Labute approximate surface area is 79.7 Å². The lowest BCUT2D eigenvalue weighted by atomic mass is 10.3. The molecule has 1 aromatic rings. The molecule has 0 unspecified atom stereocenters. The Morgan fingerprint density at radius 1 is 1.43 bits per heavy atom. The van der Waals surface area contributed by atoms with E-state index in [0.717, 1.165) is 18.2 Å². The van der Waals surface area contributed by atoms with Crippen LogP contribution in [0.15, 0.2) is 28.1 Å². The van der Waals surface area contributed by atoms with Gasteiger partial charge in [0.25, 0.3) is 0 Å². The highest BCUT2D eigenvalue weighted by Gasteiger charge is 2.10. The number of benzene rings is 1. The predicted octanol–water partition coefficient (Wildman–Crippen LogP) is 0.00690. The van der Waals surface area contributed by atoms with Gasteiger partial charge in [0.05, 0.1) is 4.90 Å². The minimum atomic E-state index is -3.86. The van der Waals surface area contributed by atoms with Crippen LogP contribution in [0.2, 0.25) is 0 Å². The number of hydrogen-bond donors (Lipinski definition) is 2. The van der Waals surface area contributed by atoms with E-state index >= 15 is 0 Å². The van der Waals surface area contributed by atoms with Crippen molar-refractivity contribution >= 4 is 21.8 Å². The third kappa shape index (κ3) is 2.17. The molecule has 14 heavy (non-hydrogen) atoms. The van der Waals surface area contributed by atoms with Crippen LogP contribution < -0.4 is 5.14 Å². The quantitative estimate of drug-likeness (QED) is 0.533. The predicted molar refractivity (Wildman–Crippen MR) is 47.3 cm³/mol. The molecule has 0 spiro atoms. The number of aromatic hydroxyl groups is 1. The molecule has 0 aliphatic carbocycles. The van der Waals surface area contributed by atoms with E-state index in [1.807, 2.05) is 0 Å². The molecule has 0 saturated heterocycles. The van der Waals surface area contributed by atoms with Crippen molar-refractivity contribution in [3.8, 4) is 5.75 Å². The van der Waals surface area contributed by atoms with Gasteiger partial charge in [-0.1, -0.05) is 0 Å². The summed E-state index contributed by atoms with van der Waals surface area (Å²) in [7, 11) is -3.86. The van der Waals surface area contributed by atoms with Crippen molar-refractivity contribution in [2.45, 2.75) is 4.90 Å². The van der Waals surface area contributed by atoms with Gasteiger partial charge in [-0.15, -0.1) is 0 Å². The topological polar surface area (TPSA) is 110 Å². The molecule has 0 bridgehead atoms. The van der Waals surface area contributed by atoms with E-state index in [2.05, 4.69) is 4.99 Å². The number of phenolic OH excluding ortho intramolecular Hbond substituents is 1. The summed E-state index contributed by atoms with van der Waals surface area (Å²) < 4.78 is 21.6. The third-order valence-corrected chi connectivity index (χ3v) is 2.35. The van der Waals surface area contributed by atoms with Crippen molar-refractivity contribution < 1.29 is 18.3 Å². The van der Waals surface area contributed by atoms with Crippen LogP contribution in [-0.4, -0.2) is 19.6 Å². The molecule has 0 fully saturated rings. The Bertz CT molecular complexity index is 502. The van der Waals surface area contributed by atoms with Crippen LogP contribution in [-0.2, 0) is 14.8 Å². The molecule has 0 saturated carbocycles. The van der Waals surface area contributed by atoms with E-state index in [4.69, 9.17) is 5.14 Å². The molecule has 1 rings (SSSR count). The Morgan fingerprint density at radius 2 is 2.07 bits per heavy atom. The van der Waals surface area contributed by atoms with Crippen molar-refractivity contribution in [3.63, 3.8) is 0 Å². The van der Waals surface area contributed by atoms with E-state index in [1.165, 1.54) is 6.08 Å². The number of isocyanates is 1. The van der Waals surface area contributed by atoms with Crippen molar-refractivity contribution in [2.75, 3.05) is 0 Å². The number of rotatable bonds is 2. The van der Waals surface area contributed by atoms with Gasteiger partial charge < -0.3 is 5.11 Å². The molecule has 0 heterocycles. The van der Waals surface area contributed by atoms with Crippen molar-refractivity contribution in [2.24, 2.45) is 10.1 Å². The van der Waals surface area contributed by atoms with Crippen LogP contribution in [0, 0.1) is 0 Å². The maximum absolute atomic E-state index is 10.8. The summed E-state index contributed by atoms with van der Waals surface area (Å²) in [6.07, 6.45) is 1.22. The standard InChI is InChI=1S/C7H6N2O4S/c8-14(12,13)5-1-2-6(9-4-10)7(11)3-5/h1-3,11H,(H2,8,12,13). The maximum atomic E-state index is 10.8. The van der Waals surface area contributed by atoms with Crippen molar-refractivity contribution in [1.82, 2.24) is 0 Å². The summed E-state index contributed by atoms with van der Waals surface area (Å²) in [5, 5.41) is 14.0. The van der Waals surface area contributed by atoms with Crippen LogP contribution >= 0.6 is 0 Å². The molecule has 0 aromatic heterocycles. The van der Waals surface area contributed by atoms with Crippen molar-refractivity contribution in [1.29, 1.82) is 0 Å². The highest BCUT2D eigenvalue weighted by atomic mass is 32.2. The second-order valence-electron chi connectivity index (χ2n) is 2.40. The normalized spacial score (nSPS) is 10.6. The van der Waals surface area contributed by atoms with Gasteiger partial charge in [-0.05, 0) is 12.1 Å². The minimum absolute atomic E-state index is 0.0626. The second kappa shape index (κ2) is 3.59. The zero-order valence-corrected chi connectivity index (χ0v) is 7.65. The number of phenols is 1. The van der Waals surface area contributed by atoms with Gasteiger partial charge in [-0.2, -0.15) is 4.99 Å². The molecule has 0 aliphatic heterocycles. The number of nitrogens with zero attached hydrogens (tertiary/aromatic N) is 1. The molecule has 3 N–H and O–H groups in total. The van der Waals surface area contributed by atoms with E-state index in [0.29, 0.717) is 0 Å². The van der Waals surface area contributed by atoms with Gasteiger partial charge in [-0.3, -0.25) is 0 Å². The van der Waals surface area contributed by atoms with E-state index in [1.54, 1.807) is 0 Å². The van der Waals surface area contributed by atoms with Crippen molar-refractivity contribution in [3.05, 3.63) is 18.2 Å². The summed E-state index contributed by atoms with van der Waals surface area (Å²) in [4.78, 5) is 12.8. The van der Waals surface area contributed by atoms with Crippen LogP contribution in [0.5, 0.6) is 5.75 Å². The highest BCUT2D eigenvalue weighted by molar-refractivity contribution is 7.89. The number of nitrogens with two attached hydrogens (primary N) is 1. The fraction of sp³-hybridized carbons (Fsp3) is 0. The lowest BCUT2D eigenvalue weighted by Gasteiger charge is -2.00. The van der Waals surface area contributed by atoms with Gasteiger partial charge in [0.1, 0.15) is 11.4 Å². The Balaban J connectivity index is 3.33. The summed E-state index contributed by atoms with van der Waals surface area (Å²) in [6, 6.07) is 3.19. The summed E-state index contributed by atoms with van der Waals surface area (Å²) >= 11 is 0. The Morgan fingerprint density at radius 3 is 2.50 bits per heavy atom. The fourth-order valence-corrected chi connectivity index (χ4v) is 1.36. The first kappa shape index (κ1) is 10.4.